The minimum Gasteiger partial charge on any atom is -0.370 e. The Morgan fingerprint density at radius 1 is 1.27 bits per heavy atom. The van der Waals surface area contributed by atoms with E-state index in [0.29, 0.717) is 29.0 Å². The van der Waals surface area contributed by atoms with E-state index in [4.69, 9.17) is 28.9 Å². The monoisotopic (exact) mass is 503 g/mol. The molecule has 0 spiro atoms. The maximum Gasteiger partial charge on any atom is 0.189 e. The second kappa shape index (κ2) is 9.43. The summed E-state index contributed by atoms with van der Waals surface area (Å²) in [6.45, 7) is 2.51. The van der Waals surface area contributed by atoms with Crippen LogP contribution in [0.25, 0.3) is 11.0 Å². The highest BCUT2D eigenvalue weighted by molar-refractivity contribution is 14.0. The minimum atomic E-state index is -0.0697. The highest BCUT2D eigenvalue weighted by Gasteiger charge is 2.10. The van der Waals surface area contributed by atoms with Crippen molar-refractivity contribution >= 4 is 64.2 Å². The standard InChI is InChI=1S/C18H19Cl2N5.HI/c1-11(13-7-6-12(19)10-14(13)20)23-18(21)22-9-8-17-24-15-4-2-3-5-16(15)25-17;/h2-7,10-11H,8-9H2,1H3,(H,24,25)(H3,21,22,23);1H. The zero-order valence-electron chi connectivity index (χ0n) is 14.2. The Bertz CT molecular complexity index is 876. The first-order chi connectivity index (χ1) is 12.0. The number of halogens is 3. The van der Waals surface area contributed by atoms with Crippen molar-refractivity contribution in [2.45, 2.75) is 19.4 Å². The summed E-state index contributed by atoms with van der Waals surface area (Å²) >= 11 is 12.1. The number of rotatable bonds is 5. The molecule has 138 valence electrons. The van der Waals surface area contributed by atoms with Gasteiger partial charge in [0.2, 0.25) is 0 Å². The maximum atomic E-state index is 6.21. The minimum absolute atomic E-state index is 0. The third-order valence-electron chi connectivity index (χ3n) is 3.86. The highest BCUT2D eigenvalue weighted by Crippen LogP contribution is 2.25. The Morgan fingerprint density at radius 2 is 2.04 bits per heavy atom. The number of fused-ring (bicyclic) bond motifs is 1. The second-order valence-corrected chi connectivity index (χ2v) is 6.59. The number of hydrogen-bond donors (Lipinski definition) is 3. The summed E-state index contributed by atoms with van der Waals surface area (Å²) in [6.07, 6.45) is 0.688. The third kappa shape index (κ3) is 5.25. The van der Waals surface area contributed by atoms with Crippen molar-refractivity contribution in [2.24, 2.45) is 10.7 Å². The van der Waals surface area contributed by atoms with Gasteiger partial charge in [0.25, 0.3) is 0 Å². The fourth-order valence-electron chi connectivity index (χ4n) is 2.60. The van der Waals surface area contributed by atoms with Crippen molar-refractivity contribution in [3.63, 3.8) is 0 Å². The van der Waals surface area contributed by atoms with Gasteiger partial charge in [-0.1, -0.05) is 41.4 Å². The van der Waals surface area contributed by atoms with E-state index in [0.717, 1.165) is 22.4 Å². The molecule has 0 saturated heterocycles. The number of nitrogens with two attached hydrogens (primary N) is 1. The van der Waals surface area contributed by atoms with E-state index in [1.807, 2.05) is 37.3 Å². The smallest absolute Gasteiger partial charge is 0.189 e. The lowest BCUT2D eigenvalue weighted by molar-refractivity contribution is 0.707. The molecule has 1 unspecified atom stereocenters. The summed E-state index contributed by atoms with van der Waals surface area (Å²) in [5.41, 5.74) is 8.87. The van der Waals surface area contributed by atoms with Crippen LogP contribution in [0, 0.1) is 0 Å². The van der Waals surface area contributed by atoms with Gasteiger partial charge in [-0.3, -0.25) is 4.99 Å². The molecule has 0 saturated carbocycles. The van der Waals surface area contributed by atoms with Crippen molar-refractivity contribution in [2.75, 3.05) is 6.54 Å². The summed E-state index contributed by atoms with van der Waals surface area (Å²) in [5.74, 6) is 1.26. The molecule has 8 heteroatoms. The van der Waals surface area contributed by atoms with Gasteiger partial charge in [0.1, 0.15) is 5.82 Å². The number of nitrogens with zero attached hydrogens (tertiary/aromatic N) is 2. The van der Waals surface area contributed by atoms with E-state index in [1.165, 1.54) is 0 Å². The Balaban J connectivity index is 0.00000243. The van der Waals surface area contributed by atoms with E-state index in [-0.39, 0.29) is 30.0 Å². The second-order valence-electron chi connectivity index (χ2n) is 5.75. The molecule has 1 heterocycles. The Kier molecular flexibility index (Phi) is 7.55. The molecule has 1 atom stereocenters. The van der Waals surface area contributed by atoms with Gasteiger partial charge in [0.05, 0.1) is 17.1 Å². The molecule has 3 rings (SSSR count). The fraction of sp³-hybridized carbons (Fsp3) is 0.222. The van der Waals surface area contributed by atoms with E-state index >= 15 is 0 Å². The molecule has 2 aromatic carbocycles. The van der Waals surface area contributed by atoms with E-state index in [2.05, 4.69) is 20.3 Å². The van der Waals surface area contributed by atoms with Crippen molar-refractivity contribution < 1.29 is 0 Å². The van der Waals surface area contributed by atoms with Crippen molar-refractivity contribution in [3.8, 4) is 0 Å². The average Bonchev–Trinajstić information content (AvgIpc) is 2.97. The molecule has 0 aliphatic carbocycles. The number of H-pyrrole nitrogens is 1. The van der Waals surface area contributed by atoms with Crippen LogP contribution in [0.3, 0.4) is 0 Å². The molecule has 0 bridgehead atoms. The molecule has 0 amide bonds. The molecule has 0 aliphatic rings. The van der Waals surface area contributed by atoms with Crippen LogP contribution >= 0.6 is 47.2 Å². The molecule has 3 aromatic rings. The van der Waals surface area contributed by atoms with Gasteiger partial charge in [-0.2, -0.15) is 0 Å². The van der Waals surface area contributed by atoms with Crippen LogP contribution in [0.15, 0.2) is 47.5 Å². The first kappa shape index (κ1) is 20.8. The van der Waals surface area contributed by atoms with Gasteiger partial charge in [-0.15, -0.1) is 24.0 Å². The maximum absolute atomic E-state index is 6.21. The number of aromatic nitrogens is 2. The number of guanidine groups is 1. The zero-order valence-corrected chi connectivity index (χ0v) is 18.0. The predicted octanol–water partition coefficient (Wildman–Crippen LogP) is 4.70. The van der Waals surface area contributed by atoms with Gasteiger partial charge in [0, 0.05) is 23.0 Å². The van der Waals surface area contributed by atoms with Gasteiger partial charge in [0.15, 0.2) is 5.96 Å². The molecule has 1 aromatic heterocycles. The lowest BCUT2D eigenvalue weighted by Gasteiger charge is -2.16. The molecule has 0 aliphatic heterocycles. The Morgan fingerprint density at radius 3 is 2.77 bits per heavy atom. The first-order valence-electron chi connectivity index (χ1n) is 7.98. The number of aromatic amines is 1. The number of para-hydroxylation sites is 2. The van der Waals surface area contributed by atoms with Crippen LogP contribution in [0.4, 0.5) is 0 Å². The Hall–Kier alpha value is -1.51. The average molecular weight is 504 g/mol. The summed E-state index contributed by atoms with van der Waals surface area (Å²) in [4.78, 5) is 12.2. The quantitative estimate of drug-likeness (QED) is 0.268. The van der Waals surface area contributed by atoms with Gasteiger partial charge >= 0.3 is 0 Å². The molecular formula is C18H20Cl2IN5. The third-order valence-corrected chi connectivity index (χ3v) is 4.42. The van der Waals surface area contributed by atoms with Crippen LogP contribution < -0.4 is 11.1 Å². The van der Waals surface area contributed by atoms with Crippen LogP contribution in [-0.2, 0) is 6.42 Å². The topological polar surface area (TPSA) is 79.1 Å². The number of imidazole rings is 1. The van der Waals surface area contributed by atoms with Crippen molar-refractivity contribution in [1.29, 1.82) is 0 Å². The fourth-order valence-corrected chi connectivity index (χ4v) is 3.18. The van der Waals surface area contributed by atoms with Gasteiger partial charge < -0.3 is 16.0 Å². The molecular weight excluding hydrogens is 484 g/mol. The van der Waals surface area contributed by atoms with E-state index in [1.54, 1.807) is 12.1 Å². The predicted molar refractivity (Wildman–Crippen MR) is 120 cm³/mol. The van der Waals surface area contributed by atoms with E-state index in [9.17, 15) is 0 Å². The number of nitrogens with one attached hydrogen (secondary N) is 2. The Labute approximate surface area is 179 Å². The lowest BCUT2D eigenvalue weighted by atomic mass is 10.1. The van der Waals surface area contributed by atoms with Crippen LogP contribution in [-0.4, -0.2) is 22.5 Å². The summed E-state index contributed by atoms with van der Waals surface area (Å²) < 4.78 is 0. The molecule has 26 heavy (non-hydrogen) atoms. The summed E-state index contributed by atoms with van der Waals surface area (Å²) in [7, 11) is 0. The zero-order chi connectivity index (χ0) is 17.8. The molecule has 5 nitrogen and oxygen atoms in total. The molecule has 0 radical (unpaired) electrons. The normalized spacial score (nSPS) is 12.7. The molecule has 0 fully saturated rings. The summed E-state index contributed by atoms with van der Waals surface area (Å²) in [6, 6.07) is 13.3. The van der Waals surface area contributed by atoms with Crippen LogP contribution in [0.1, 0.15) is 24.4 Å². The largest absolute Gasteiger partial charge is 0.370 e. The van der Waals surface area contributed by atoms with Gasteiger partial charge in [-0.05, 0) is 36.8 Å². The number of benzene rings is 2. The number of hydrogen-bond acceptors (Lipinski definition) is 2. The summed E-state index contributed by atoms with van der Waals surface area (Å²) in [5, 5.41) is 4.34. The SMILES string of the molecule is CC(NC(N)=NCCc1nc2ccccc2[nH]1)c1ccc(Cl)cc1Cl.I. The number of aliphatic imine (C=N–C) groups is 1. The highest BCUT2D eigenvalue weighted by atomic mass is 127. The van der Waals surface area contributed by atoms with Crippen molar-refractivity contribution in [3.05, 3.63) is 63.9 Å². The van der Waals surface area contributed by atoms with Crippen LogP contribution in [0.5, 0.6) is 0 Å². The molecule has 4 N–H and O–H groups in total. The van der Waals surface area contributed by atoms with Gasteiger partial charge in [-0.25, -0.2) is 4.98 Å². The van der Waals surface area contributed by atoms with Crippen LogP contribution in [0.2, 0.25) is 10.0 Å². The van der Waals surface area contributed by atoms with E-state index < -0.39 is 0 Å². The lowest BCUT2D eigenvalue weighted by Crippen LogP contribution is -2.34. The first-order valence-corrected chi connectivity index (χ1v) is 8.73. The van der Waals surface area contributed by atoms with Crippen molar-refractivity contribution in [1.82, 2.24) is 15.3 Å².